The third-order valence-electron chi connectivity index (χ3n) is 8.74. The average molecular weight is 803 g/mol. The maximum atomic E-state index is 13.1. The molecule has 4 aromatic heterocycles. The van der Waals surface area contributed by atoms with Gasteiger partial charge in [0.25, 0.3) is 0 Å². The van der Waals surface area contributed by atoms with Gasteiger partial charge in [-0.25, -0.2) is 14.8 Å². The number of esters is 1. The van der Waals surface area contributed by atoms with Gasteiger partial charge < -0.3 is 19.4 Å². The third-order valence-corrected chi connectivity index (χ3v) is 10.4. The summed E-state index contributed by atoms with van der Waals surface area (Å²) >= 11 is 7.68. The molecule has 8 bridgehead atoms. The molecule has 0 aliphatic carbocycles. The highest BCUT2D eigenvalue weighted by Crippen LogP contribution is 2.37. The van der Waals surface area contributed by atoms with Crippen LogP contribution in [0.3, 0.4) is 0 Å². The number of methoxy groups -OCH3 is 1. The molecule has 2 N–H and O–H groups in total. The van der Waals surface area contributed by atoms with Crippen molar-refractivity contribution in [2.24, 2.45) is 0 Å². The van der Waals surface area contributed by atoms with E-state index < -0.39 is 5.97 Å². The van der Waals surface area contributed by atoms with Crippen LogP contribution in [0.1, 0.15) is 45.6 Å². The third kappa shape index (κ3) is 6.23. The molecule has 2 aromatic carbocycles. The van der Waals surface area contributed by atoms with Crippen LogP contribution in [0.15, 0.2) is 94.1 Å². The second-order valence-electron chi connectivity index (χ2n) is 11.9. The number of carbonyl (C=O) groups excluding carboxylic acids is 1. The first kappa shape index (κ1) is 32.7. The summed E-state index contributed by atoms with van der Waals surface area (Å²) in [4.78, 5) is 30.5. The van der Waals surface area contributed by atoms with Crippen LogP contribution < -0.4 is 4.74 Å². The quantitative estimate of drug-likeness (QED) is 0.155. The summed E-state index contributed by atoms with van der Waals surface area (Å²) in [5, 5.41) is 4.71. The first-order valence-electron chi connectivity index (χ1n) is 16.3. The number of aromatic amines is 2. The summed E-state index contributed by atoms with van der Waals surface area (Å²) in [6, 6.07) is 23.5. The number of H-pyrrole nitrogens is 2. The number of benzene rings is 2. The van der Waals surface area contributed by atoms with Crippen LogP contribution in [0.25, 0.3) is 68.6 Å². The number of carbonyl (C=O) groups is 1. The normalized spacial score (nSPS) is 12.0. The van der Waals surface area contributed by atoms with E-state index in [2.05, 4.69) is 41.8 Å². The number of rotatable bonds is 7. The van der Waals surface area contributed by atoms with E-state index in [0.29, 0.717) is 23.4 Å². The molecule has 0 radical (unpaired) electrons. The van der Waals surface area contributed by atoms with E-state index in [1.54, 1.807) is 20.1 Å². The largest absolute Gasteiger partial charge is 0.497 e. The van der Waals surface area contributed by atoms with Crippen molar-refractivity contribution in [1.82, 2.24) is 29.7 Å². The topological polar surface area (TPSA) is 111 Å². The molecule has 8 rings (SSSR count). The number of hydrogen-bond acceptors (Lipinski definition) is 6. The zero-order chi connectivity index (χ0) is 35.1. The summed E-state index contributed by atoms with van der Waals surface area (Å²) in [5.41, 5.74) is 11.2. The molecule has 2 aliphatic heterocycles. The van der Waals surface area contributed by atoms with Gasteiger partial charge in [0.15, 0.2) is 0 Å². The molecule has 0 saturated heterocycles. The zero-order valence-corrected chi connectivity index (χ0v) is 30.7. The van der Waals surface area contributed by atoms with Gasteiger partial charge >= 0.3 is 5.97 Å². The van der Waals surface area contributed by atoms with Crippen LogP contribution in [0.5, 0.6) is 5.75 Å². The van der Waals surface area contributed by atoms with Gasteiger partial charge in [0, 0.05) is 39.5 Å². The minimum atomic E-state index is -0.391. The SMILES string of the molecule is CCOC(=O)c1ccccc1-c1c2nc(c(Br)c3ccc([nH]3)c(-c3cnn(Cc4ccc(OC)cc4)c3)c3nc(c(Br)c4ccc1[nH]4)C=C3)C=C2. The zero-order valence-electron chi connectivity index (χ0n) is 27.6. The predicted octanol–water partition coefficient (Wildman–Crippen LogP) is 9.94. The molecular formula is C40H30Br2N6O3. The highest BCUT2D eigenvalue weighted by Gasteiger charge is 2.20. The van der Waals surface area contributed by atoms with Crippen molar-refractivity contribution in [3.8, 4) is 28.0 Å². The van der Waals surface area contributed by atoms with E-state index in [0.717, 1.165) is 76.1 Å². The van der Waals surface area contributed by atoms with Crippen molar-refractivity contribution < 1.29 is 14.3 Å². The van der Waals surface area contributed by atoms with E-state index in [1.807, 2.05) is 108 Å². The molecule has 11 heteroatoms. The van der Waals surface area contributed by atoms with Gasteiger partial charge in [0.05, 0.1) is 74.8 Å². The number of nitrogens with zero attached hydrogens (tertiary/aromatic N) is 4. The number of halogens is 2. The Bertz CT molecular complexity index is 2560. The molecule has 6 heterocycles. The Morgan fingerprint density at radius 3 is 1.98 bits per heavy atom. The van der Waals surface area contributed by atoms with E-state index in [1.165, 1.54) is 0 Å². The Hall–Kier alpha value is -5.52. The van der Waals surface area contributed by atoms with Gasteiger partial charge in [-0.2, -0.15) is 5.10 Å². The van der Waals surface area contributed by atoms with Gasteiger partial charge in [-0.3, -0.25) is 4.68 Å². The molecule has 9 nitrogen and oxygen atoms in total. The second kappa shape index (κ2) is 13.7. The molecule has 6 aromatic rings. The summed E-state index contributed by atoms with van der Waals surface area (Å²) in [5.74, 6) is 0.423. The fraction of sp³-hybridized carbons (Fsp3) is 0.100. The highest BCUT2D eigenvalue weighted by atomic mass is 79.9. The maximum absolute atomic E-state index is 13.1. The second-order valence-corrected chi connectivity index (χ2v) is 13.5. The van der Waals surface area contributed by atoms with Crippen molar-refractivity contribution >= 4 is 84.2 Å². The standard InChI is InChI=1S/C40H30Br2N6O3/c1-3-51-40(49)27-7-5-4-6-26(27)37-30-14-18-34(46-30)38(41)32-16-12-28(44-32)36(29-13-17-33(45-29)39(42)35-19-15-31(37)47-35)24-20-43-48(22-24)21-23-8-10-25(50-2)11-9-23/h4-20,22,44,47H,3,21H2,1-2H3. The van der Waals surface area contributed by atoms with Crippen LogP contribution >= 0.6 is 31.9 Å². The average Bonchev–Trinajstić information content (AvgIpc) is 4.00. The Morgan fingerprint density at radius 1 is 0.745 bits per heavy atom. The lowest BCUT2D eigenvalue weighted by molar-refractivity contribution is 0.0527. The number of hydrogen-bond donors (Lipinski definition) is 2. The fourth-order valence-corrected chi connectivity index (χ4v) is 7.21. The van der Waals surface area contributed by atoms with E-state index in [9.17, 15) is 4.79 Å². The lowest BCUT2D eigenvalue weighted by Crippen LogP contribution is -2.06. The molecule has 2 aliphatic rings. The number of nitrogens with one attached hydrogen (secondary N) is 2. The number of ether oxygens (including phenoxy) is 2. The van der Waals surface area contributed by atoms with Gasteiger partial charge in [-0.15, -0.1) is 0 Å². The Morgan fingerprint density at radius 2 is 1.33 bits per heavy atom. The summed E-state index contributed by atoms with van der Waals surface area (Å²) in [7, 11) is 1.66. The van der Waals surface area contributed by atoms with Crippen molar-refractivity contribution in [2.45, 2.75) is 13.5 Å². The van der Waals surface area contributed by atoms with E-state index >= 15 is 0 Å². The van der Waals surface area contributed by atoms with Crippen LogP contribution in [0.4, 0.5) is 0 Å². The number of fused-ring (bicyclic) bond motifs is 8. The van der Waals surface area contributed by atoms with Crippen molar-refractivity contribution in [3.05, 3.63) is 128 Å². The molecule has 252 valence electrons. The first-order chi connectivity index (χ1) is 24.9. The first-order valence-corrected chi connectivity index (χ1v) is 17.9. The van der Waals surface area contributed by atoms with Gasteiger partial charge in [-0.05, 0) is 111 Å². The smallest absolute Gasteiger partial charge is 0.338 e. The summed E-state index contributed by atoms with van der Waals surface area (Å²) in [6.07, 6.45) is 11.9. The predicted molar refractivity (Wildman–Crippen MR) is 209 cm³/mol. The van der Waals surface area contributed by atoms with Gasteiger partial charge in [0.2, 0.25) is 0 Å². The molecule has 0 unspecified atom stereocenters. The molecule has 0 atom stereocenters. The molecule has 51 heavy (non-hydrogen) atoms. The minimum absolute atomic E-state index is 0.274. The highest BCUT2D eigenvalue weighted by molar-refractivity contribution is 9.11. The molecule has 0 amide bonds. The summed E-state index contributed by atoms with van der Waals surface area (Å²) in [6.45, 7) is 2.68. The lowest BCUT2D eigenvalue weighted by atomic mass is 9.98. The van der Waals surface area contributed by atoms with Crippen LogP contribution in [0.2, 0.25) is 0 Å². The van der Waals surface area contributed by atoms with E-state index in [4.69, 9.17) is 24.5 Å². The van der Waals surface area contributed by atoms with E-state index in [-0.39, 0.29) is 6.61 Å². The molecule has 0 fully saturated rings. The monoisotopic (exact) mass is 800 g/mol. The fourth-order valence-electron chi connectivity index (χ4n) is 6.31. The minimum Gasteiger partial charge on any atom is -0.497 e. The maximum Gasteiger partial charge on any atom is 0.338 e. The lowest BCUT2D eigenvalue weighted by Gasteiger charge is -2.10. The number of aromatic nitrogens is 6. The van der Waals surface area contributed by atoms with Crippen molar-refractivity contribution in [1.29, 1.82) is 0 Å². The van der Waals surface area contributed by atoms with Gasteiger partial charge in [0.1, 0.15) is 5.75 Å². The van der Waals surface area contributed by atoms with Crippen molar-refractivity contribution in [2.75, 3.05) is 13.7 Å². The van der Waals surface area contributed by atoms with Crippen LogP contribution in [-0.2, 0) is 11.3 Å². The Labute approximate surface area is 310 Å². The van der Waals surface area contributed by atoms with Crippen LogP contribution in [0, 0.1) is 0 Å². The summed E-state index contributed by atoms with van der Waals surface area (Å²) < 4.78 is 14.3. The van der Waals surface area contributed by atoms with Crippen molar-refractivity contribution in [3.63, 3.8) is 0 Å². The Balaban J connectivity index is 1.35. The molecule has 0 saturated carbocycles. The van der Waals surface area contributed by atoms with Gasteiger partial charge in [-0.1, -0.05) is 30.3 Å². The Kier molecular flexibility index (Phi) is 8.75. The molecule has 0 spiro atoms. The molecular weight excluding hydrogens is 772 g/mol. The van der Waals surface area contributed by atoms with Crippen LogP contribution in [-0.4, -0.2) is 49.4 Å².